The second-order valence-corrected chi connectivity index (χ2v) is 2.54. The molecule has 0 atom stereocenters. The van der Waals surface area contributed by atoms with Crippen LogP contribution in [0.3, 0.4) is 0 Å². The number of aromatic hydroxyl groups is 1. The molecule has 0 saturated heterocycles. The average molecular weight is 199 g/mol. The summed E-state index contributed by atoms with van der Waals surface area (Å²) in [5.41, 5.74) is 0. The minimum atomic E-state index is -0.331. The molecule has 0 heterocycles. The van der Waals surface area contributed by atoms with E-state index in [0.717, 1.165) is 12.8 Å². The molecule has 1 aromatic carbocycles. The number of halogens is 1. The molecule has 0 radical (unpaired) electrons. The molecule has 3 nitrogen and oxygen atoms in total. The van der Waals surface area contributed by atoms with Gasteiger partial charge in [-0.1, -0.05) is 0 Å². The molecule has 0 fully saturated rings. The fourth-order valence-electron chi connectivity index (χ4n) is 0.644. The van der Waals surface area contributed by atoms with Crippen LogP contribution in [0.25, 0.3) is 0 Å². The van der Waals surface area contributed by atoms with Gasteiger partial charge in [0.1, 0.15) is 17.9 Å². The third kappa shape index (κ3) is 7.24. The Hall–Kier alpha value is -1.42. The molecule has 0 aliphatic rings. The summed E-state index contributed by atoms with van der Waals surface area (Å²) in [6.45, 7) is 0.795. The van der Waals surface area contributed by atoms with Crippen LogP contribution in [0.15, 0.2) is 24.3 Å². The maximum Gasteiger partial charge on any atom is 0.123 e. The summed E-state index contributed by atoms with van der Waals surface area (Å²) < 4.78 is 12.0. The Bertz CT molecular complexity index is 228. The summed E-state index contributed by atoms with van der Waals surface area (Å²) in [6.07, 6.45) is 1.52. The fourth-order valence-corrected chi connectivity index (χ4v) is 0.644. The number of phenolic OH excluding ortho intramolecular Hbond substituents is 1. The Morgan fingerprint density at radius 2 is 2.00 bits per heavy atom. The lowest BCUT2D eigenvalue weighted by molar-refractivity contribution is -0.107. The lowest BCUT2D eigenvalue weighted by Gasteiger charge is -1.86. The molecular formula is C10H14FNO2. The van der Waals surface area contributed by atoms with Crippen molar-refractivity contribution in [1.29, 1.82) is 0 Å². The van der Waals surface area contributed by atoms with E-state index in [-0.39, 0.29) is 11.6 Å². The van der Waals surface area contributed by atoms with Crippen LogP contribution in [0.5, 0.6) is 5.75 Å². The number of rotatable bonds is 3. The first-order valence-corrected chi connectivity index (χ1v) is 4.23. The summed E-state index contributed by atoms with van der Waals surface area (Å²) in [6, 6.07) is 5.01. The molecule has 0 amide bonds. The van der Waals surface area contributed by atoms with Crippen molar-refractivity contribution in [3.8, 4) is 5.75 Å². The van der Waals surface area contributed by atoms with Crippen LogP contribution in [-0.2, 0) is 4.79 Å². The number of carbonyl (C=O) groups is 1. The predicted octanol–water partition coefficient (Wildman–Crippen LogP) is 1.33. The Kier molecular flexibility index (Phi) is 7.36. The van der Waals surface area contributed by atoms with Crippen molar-refractivity contribution in [3.05, 3.63) is 30.1 Å². The molecular weight excluding hydrogens is 185 g/mol. The van der Waals surface area contributed by atoms with Crippen molar-refractivity contribution >= 4 is 6.29 Å². The van der Waals surface area contributed by atoms with E-state index in [9.17, 15) is 9.18 Å². The van der Waals surface area contributed by atoms with Gasteiger partial charge in [-0.2, -0.15) is 0 Å². The molecule has 0 saturated carbocycles. The normalized spacial score (nSPS) is 8.71. The molecule has 1 rings (SSSR count). The van der Waals surface area contributed by atoms with Crippen LogP contribution in [0.4, 0.5) is 4.39 Å². The Labute approximate surface area is 82.6 Å². The van der Waals surface area contributed by atoms with Gasteiger partial charge >= 0.3 is 0 Å². The lowest BCUT2D eigenvalue weighted by atomic mass is 10.3. The first-order chi connectivity index (χ1) is 6.70. The molecule has 0 unspecified atom stereocenters. The number of carbonyl (C=O) groups excluding carboxylic acids is 1. The first kappa shape index (κ1) is 12.6. The second kappa shape index (κ2) is 8.19. The van der Waals surface area contributed by atoms with Gasteiger partial charge in [0.15, 0.2) is 0 Å². The highest BCUT2D eigenvalue weighted by Crippen LogP contribution is 2.06. The van der Waals surface area contributed by atoms with Gasteiger partial charge in [0, 0.05) is 13.0 Å². The summed E-state index contributed by atoms with van der Waals surface area (Å²) in [5, 5.41) is 11.4. The minimum Gasteiger partial charge on any atom is -0.508 e. The SMILES string of the molecule is CNCCC=O.Oc1ccc(F)cc1. The molecule has 78 valence electrons. The fraction of sp³-hybridized carbons (Fsp3) is 0.300. The number of nitrogens with one attached hydrogen (secondary N) is 1. The van der Waals surface area contributed by atoms with Crippen LogP contribution in [-0.4, -0.2) is 25.0 Å². The molecule has 0 aliphatic carbocycles. The zero-order valence-electron chi connectivity index (χ0n) is 8.03. The van der Waals surface area contributed by atoms with Crippen LogP contribution in [0.1, 0.15) is 6.42 Å². The number of hydrogen-bond donors (Lipinski definition) is 2. The van der Waals surface area contributed by atoms with Gasteiger partial charge in [0.25, 0.3) is 0 Å². The topological polar surface area (TPSA) is 49.3 Å². The van der Waals surface area contributed by atoms with E-state index >= 15 is 0 Å². The van der Waals surface area contributed by atoms with Crippen LogP contribution >= 0.6 is 0 Å². The lowest BCUT2D eigenvalue weighted by Crippen LogP contribution is -2.07. The van der Waals surface area contributed by atoms with Crippen molar-refractivity contribution in [2.45, 2.75) is 6.42 Å². The summed E-state index contributed by atoms with van der Waals surface area (Å²) in [7, 11) is 1.82. The largest absolute Gasteiger partial charge is 0.508 e. The Balaban J connectivity index is 0.000000255. The zero-order valence-corrected chi connectivity index (χ0v) is 8.03. The maximum absolute atomic E-state index is 12.0. The maximum atomic E-state index is 12.0. The predicted molar refractivity (Wildman–Crippen MR) is 52.7 cm³/mol. The van der Waals surface area contributed by atoms with Gasteiger partial charge in [-0.25, -0.2) is 4.39 Å². The number of hydrogen-bond acceptors (Lipinski definition) is 3. The molecule has 4 heteroatoms. The van der Waals surface area contributed by atoms with Crippen LogP contribution in [0.2, 0.25) is 0 Å². The second-order valence-electron chi connectivity index (χ2n) is 2.54. The highest BCUT2D eigenvalue weighted by molar-refractivity contribution is 5.49. The van der Waals surface area contributed by atoms with E-state index in [0.29, 0.717) is 6.42 Å². The zero-order chi connectivity index (χ0) is 10.8. The number of aldehydes is 1. The molecule has 0 spiro atoms. The van der Waals surface area contributed by atoms with Crippen molar-refractivity contribution < 1.29 is 14.3 Å². The van der Waals surface area contributed by atoms with Crippen molar-refractivity contribution in [2.24, 2.45) is 0 Å². The summed E-state index contributed by atoms with van der Waals surface area (Å²) in [4.78, 5) is 9.52. The smallest absolute Gasteiger partial charge is 0.123 e. The van der Waals surface area contributed by atoms with Gasteiger partial charge in [0.05, 0.1) is 0 Å². The average Bonchev–Trinajstić information content (AvgIpc) is 2.20. The first-order valence-electron chi connectivity index (χ1n) is 4.23. The van der Waals surface area contributed by atoms with E-state index in [1.165, 1.54) is 24.3 Å². The van der Waals surface area contributed by atoms with E-state index in [1.807, 2.05) is 7.05 Å². The summed E-state index contributed by atoms with van der Waals surface area (Å²) in [5.74, 6) is -0.241. The monoisotopic (exact) mass is 199 g/mol. The quantitative estimate of drug-likeness (QED) is 0.570. The van der Waals surface area contributed by atoms with Crippen molar-refractivity contribution in [2.75, 3.05) is 13.6 Å². The third-order valence-electron chi connectivity index (χ3n) is 1.34. The molecule has 0 aliphatic heterocycles. The van der Waals surface area contributed by atoms with E-state index in [4.69, 9.17) is 5.11 Å². The van der Waals surface area contributed by atoms with E-state index < -0.39 is 0 Å². The number of benzene rings is 1. The van der Waals surface area contributed by atoms with Gasteiger partial charge in [-0.3, -0.25) is 0 Å². The molecule has 1 aromatic rings. The van der Waals surface area contributed by atoms with Crippen LogP contribution in [0, 0.1) is 5.82 Å². The highest BCUT2D eigenvalue weighted by atomic mass is 19.1. The van der Waals surface area contributed by atoms with Crippen molar-refractivity contribution in [3.63, 3.8) is 0 Å². The Morgan fingerprint density at radius 1 is 1.43 bits per heavy atom. The standard InChI is InChI=1S/C6H5FO.C4H9NO/c7-5-1-3-6(8)4-2-5;1-5-3-2-4-6/h1-4,8H;4-5H,2-3H2,1H3. The highest BCUT2D eigenvalue weighted by Gasteiger charge is 1.85. The Morgan fingerprint density at radius 3 is 2.29 bits per heavy atom. The summed E-state index contributed by atoms with van der Waals surface area (Å²) >= 11 is 0. The number of phenols is 1. The van der Waals surface area contributed by atoms with Gasteiger partial charge in [-0.15, -0.1) is 0 Å². The van der Waals surface area contributed by atoms with E-state index in [2.05, 4.69) is 5.32 Å². The molecule has 2 N–H and O–H groups in total. The van der Waals surface area contributed by atoms with Gasteiger partial charge < -0.3 is 15.2 Å². The minimum absolute atomic E-state index is 0.0893. The van der Waals surface area contributed by atoms with Gasteiger partial charge in [-0.05, 0) is 31.3 Å². The third-order valence-corrected chi connectivity index (χ3v) is 1.34. The van der Waals surface area contributed by atoms with Crippen LogP contribution < -0.4 is 5.32 Å². The van der Waals surface area contributed by atoms with Gasteiger partial charge in [0.2, 0.25) is 0 Å². The van der Waals surface area contributed by atoms with Crippen molar-refractivity contribution in [1.82, 2.24) is 5.32 Å². The molecule has 0 bridgehead atoms. The molecule has 14 heavy (non-hydrogen) atoms. The molecule has 0 aromatic heterocycles. The van der Waals surface area contributed by atoms with E-state index in [1.54, 1.807) is 0 Å².